The Morgan fingerprint density at radius 3 is 1.27 bits per heavy atom. The summed E-state index contributed by atoms with van der Waals surface area (Å²) in [6.07, 6.45) is 0.890. The zero-order valence-electron chi connectivity index (χ0n) is 13.5. The highest BCUT2D eigenvalue weighted by Gasteiger charge is 2.27. The molecular weight excluding hydrogens is 356 g/mol. The Labute approximate surface area is 152 Å². The minimum atomic E-state index is 0.222. The first-order valence-corrected chi connectivity index (χ1v) is 10.5. The highest BCUT2D eigenvalue weighted by molar-refractivity contribution is 8.89. The maximum Gasteiger partial charge on any atom is 0.147 e. The summed E-state index contributed by atoms with van der Waals surface area (Å²) < 4.78 is 13.3. The molecule has 126 valence electrons. The maximum absolute atomic E-state index is 5.75. The fourth-order valence-electron chi connectivity index (χ4n) is 2.83. The monoisotopic (exact) mass is 380 g/mol. The average Bonchev–Trinajstić information content (AvgIpc) is 2.42. The Kier molecular flexibility index (Phi) is 7.22. The van der Waals surface area contributed by atoms with E-state index < -0.39 is 0 Å². The summed E-state index contributed by atoms with van der Waals surface area (Å²) in [5.41, 5.74) is 0. The van der Waals surface area contributed by atoms with Crippen LogP contribution >= 0.6 is 46.0 Å². The number of hydrogen-bond donors (Lipinski definition) is 0. The summed E-state index contributed by atoms with van der Waals surface area (Å²) >= 11 is 11.1. The third-order valence-corrected chi connectivity index (χ3v) is 7.27. The van der Waals surface area contributed by atoms with Crippen molar-refractivity contribution in [3.8, 4) is 0 Å². The van der Waals surface area contributed by atoms with E-state index in [1.54, 1.807) is 21.6 Å². The van der Waals surface area contributed by atoms with Gasteiger partial charge in [-0.1, -0.05) is 24.4 Å². The van der Waals surface area contributed by atoms with Crippen molar-refractivity contribution in [2.75, 3.05) is 26.2 Å². The number of hydrogen-bond acceptors (Lipinski definition) is 6. The van der Waals surface area contributed by atoms with Gasteiger partial charge in [0, 0.05) is 26.2 Å². The Hall–Kier alpha value is 0.400. The van der Waals surface area contributed by atoms with E-state index in [1.165, 1.54) is 0 Å². The van der Waals surface area contributed by atoms with Crippen LogP contribution in [0.15, 0.2) is 0 Å². The molecule has 4 nitrogen and oxygen atoms in total. The Morgan fingerprint density at radius 1 is 0.727 bits per heavy atom. The van der Waals surface area contributed by atoms with Gasteiger partial charge in [0.15, 0.2) is 0 Å². The number of morpholine rings is 2. The lowest BCUT2D eigenvalue weighted by Gasteiger charge is -2.37. The topological polar surface area (TPSA) is 24.9 Å². The molecule has 0 amide bonds. The molecule has 0 radical (unpaired) electrons. The van der Waals surface area contributed by atoms with Crippen LogP contribution in [0.1, 0.15) is 27.7 Å². The highest BCUT2D eigenvalue weighted by Crippen LogP contribution is 2.30. The van der Waals surface area contributed by atoms with E-state index >= 15 is 0 Å². The first-order valence-electron chi connectivity index (χ1n) is 7.58. The second-order valence-electron chi connectivity index (χ2n) is 6.02. The Morgan fingerprint density at radius 2 is 1.00 bits per heavy atom. The number of ether oxygens (including phenoxy) is 2. The molecule has 22 heavy (non-hydrogen) atoms. The van der Waals surface area contributed by atoms with E-state index in [0.29, 0.717) is 0 Å². The zero-order chi connectivity index (χ0) is 16.3. The van der Waals surface area contributed by atoms with Gasteiger partial charge in [-0.3, -0.25) is 0 Å². The van der Waals surface area contributed by atoms with Crippen LogP contribution in [-0.2, 0) is 9.47 Å². The summed E-state index contributed by atoms with van der Waals surface area (Å²) in [5.74, 6) is 0. The van der Waals surface area contributed by atoms with E-state index in [1.807, 2.05) is 0 Å². The van der Waals surface area contributed by atoms with E-state index in [4.69, 9.17) is 33.9 Å². The van der Waals surface area contributed by atoms with Crippen LogP contribution in [0.25, 0.3) is 0 Å². The van der Waals surface area contributed by atoms with Crippen LogP contribution in [-0.4, -0.2) is 69.0 Å². The fraction of sp³-hybridized carbons (Fsp3) is 0.857. The van der Waals surface area contributed by atoms with Gasteiger partial charge in [-0.05, 0) is 49.3 Å². The molecule has 2 aliphatic heterocycles. The largest absolute Gasteiger partial charge is 0.372 e. The standard InChI is InChI=1S/C14H24N2O2S4/c1-9-5-15(6-10(2)17-9)13(19)21-22-14(20)16-7-11(3)18-12(4)8-16/h9-12H,5-8H2,1-4H3. The van der Waals surface area contributed by atoms with E-state index in [-0.39, 0.29) is 24.4 Å². The normalized spacial score (nSPS) is 32.9. The quantitative estimate of drug-likeness (QED) is 0.467. The molecule has 4 unspecified atom stereocenters. The third-order valence-electron chi connectivity index (χ3n) is 3.54. The lowest BCUT2D eigenvalue weighted by Crippen LogP contribution is -2.47. The molecule has 0 aromatic heterocycles. The summed E-state index contributed by atoms with van der Waals surface area (Å²) in [7, 11) is 3.17. The van der Waals surface area contributed by atoms with Gasteiger partial charge in [0.25, 0.3) is 0 Å². The predicted octanol–water partition coefficient (Wildman–Crippen LogP) is 3.16. The molecule has 0 aliphatic carbocycles. The number of thiocarbonyl (C=S) groups is 2. The smallest absolute Gasteiger partial charge is 0.147 e. The minimum Gasteiger partial charge on any atom is -0.372 e. The Balaban J connectivity index is 1.79. The molecule has 2 aliphatic rings. The van der Waals surface area contributed by atoms with Crippen LogP contribution in [0.5, 0.6) is 0 Å². The third kappa shape index (κ3) is 5.49. The predicted molar refractivity (Wildman–Crippen MR) is 104 cm³/mol. The molecule has 8 heteroatoms. The minimum absolute atomic E-state index is 0.222. The molecule has 4 atom stereocenters. The lowest BCUT2D eigenvalue weighted by molar-refractivity contribution is -0.0468. The molecule has 2 rings (SSSR count). The van der Waals surface area contributed by atoms with Gasteiger partial charge in [-0.25, -0.2) is 0 Å². The van der Waals surface area contributed by atoms with Crippen LogP contribution in [0, 0.1) is 0 Å². The van der Waals surface area contributed by atoms with Gasteiger partial charge in [0.05, 0.1) is 24.4 Å². The second-order valence-corrected chi connectivity index (χ2v) is 9.42. The lowest BCUT2D eigenvalue weighted by atomic mass is 10.2. The van der Waals surface area contributed by atoms with Crippen LogP contribution in [0.3, 0.4) is 0 Å². The first-order chi connectivity index (χ1) is 10.3. The van der Waals surface area contributed by atoms with E-state index in [0.717, 1.165) is 34.8 Å². The first kappa shape index (κ1) is 18.7. The van der Waals surface area contributed by atoms with Gasteiger partial charge in [-0.15, -0.1) is 0 Å². The van der Waals surface area contributed by atoms with Crippen LogP contribution in [0.4, 0.5) is 0 Å². The summed E-state index contributed by atoms with van der Waals surface area (Å²) in [5, 5.41) is 0. The molecular formula is C14H24N2O2S4. The summed E-state index contributed by atoms with van der Waals surface area (Å²) in [4.78, 5) is 4.44. The molecule has 0 bridgehead atoms. The maximum atomic E-state index is 5.75. The zero-order valence-corrected chi connectivity index (χ0v) is 16.7. The van der Waals surface area contributed by atoms with E-state index in [9.17, 15) is 0 Å². The van der Waals surface area contributed by atoms with Gasteiger partial charge >= 0.3 is 0 Å². The molecule has 0 spiro atoms. The van der Waals surface area contributed by atoms with Gasteiger partial charge < -0.3 is 19.3 Å². The van der Waals surface area contributed by atoms with Crippen molar-refractivity contribution < 1.29 is 9.47 Å². The van der Waals surface area contributed by atoms with E-state index in [2.05, 4.69) is 37.5 Å². The summed E-state index contributed by atoms with van der Waals surface area (Å²) in [6, 6.07) is 0. The van der Waals surface area contributed by atoms with Crippen molar-refractivity contribution in [3.05, 3.63) is 0 Å². The van der Waals surface area contributed by atoms with Gasteiger partial charge in [-0.2, -0.15) is 0 Å². The average molecular weight is 381 g/mol. The van der Waals surface area contributed by atoms with Gasteiger partial charge in [0.1, 0.15) is 8.64 Å². The molecule has 2 heterocycles. The van der Waals surface area contributed by atoms with Crippen LogP contribution < -0.4 is 0 Å². The van der Waals surface area contributed by atoms with Crippen molar-refractivity contribution in [2.24, 2.45) is 0 Å². The second kappa shape index (κ2) is 8.48. The van der Waals surface area contributed by atoms with Gasteiger partial charge in [0.2, 0.25) is 0 Å². The molecule has 2 fully saturated rings. The highest BCUT2D eigenvalue weighted by atomic mass is 33.1. The molecule has 0 aromatic carbocycles. The van der Waals surface area contributed by atoms with Crippen molar-refractivity contribution in [3.63, 3.8) is 0 Å². The van der Waals surface area contributed by atoms with Crippen molar-refractivity contribution in [2.45, 2.75) is 52.1 Å². The molecule has 2 saturated heterocycles. The molecule has 0 N–H and O–H groups in total. The van der Waals surface area contributed by atoms with Crippen LogP contribution in [0.2, 0.25) is 0 Å². The summed E-state index contributed by atoms with van der Waals surface area (Å²) in [6.45, 7) is 11.8. The van der Waals surface area contributed by atoms with Crippen molar-refractivity contribution in [1.29, 1.82) is 0 Å². The fourth-order valence-corrected chi connectivity index (χ4v) is 5.45. The Bertz CT molecular complexity index is 366. The molecule has 0 saturated carbocycles. The van der Waals surface area contributed by atoms with Crippen molar-refractivity contribution >= 4 is 54.7 Å². The number of nitrogens with zero attached hydrogens (tertiary/aromatic N) is 2. The van der Waals surface area contributed by atoms with Crippen molar-refractivity contribution in [1.82, 2.24) is 9.80 Å². The number of rotatable bonds is 0. The molecule has 0 aromatic rings. The SMILES string of the molecule is CC1CN(C(=S)SSC(=S)N2CC(C)OC(C)C2)CC(C)O1.